The van der Waals surface area contributed by atoms with Gasteiger partial charge in [0.2, 0.25) is 0 Å². The zero-order valence-corrected chi connectivity index (χ0v) is 9.33. The van der Waals surface area contributed by atoms with E-state index >= 15 is 0 Å². The van der Waals surface area contributed by atoms with Crippen LogP contribution < -0.4 is 10.5 Å². The zero-order valence-electron chi connectivity index (χ0n) is 9.33. The Labute approximate surface area is 102 Å². The summed E-state index contributed by atoms with van der Waals surface area (Å²) in [5.41, 5.74) is 5.35. The van der Waals surface area contributed by atoms with E-state index in [-0.39, 0.29) is 24.5 Å². The average Bonchev–Trinajstić information content (AvgIpc) is 2.69. The van der Waals surface area contributed by atoms with Gasteiger partial charge in [-0.2, -0.15) is 0 Å². The van der Waals surface area contributed by atoms with Crippen LogP contribution in [0.4, 0.5) is 0 Å². The Morgan fingerprint density at radius 1 is 1.56 bits per heavy atom. The van der Waals surface area contributed by atoms with Crippen molar-refractivity contribution in [2.75, 3.05) is 6.61 Å². The molecule has 0 radical (unpaired) electrons. The van der Waals surface area contributed by atoms with E-state index < -0.39 is 23.7 Å². The Kier molecular flexibility index (Phi) is 4.44. The number of ether oxygens (including phenoxy) is 1. The molecule has 1 atom stereocenters. The van der Waals surface area contributed by atoms with Crippen LogP contribution in [0.5, 0.6) is 5.88 Å². The molecule has 0 aliphatic carbocycles. The summed E-state index contributed by atoms with van der Waals surface area (Å²) in [6.07, 6.45) is 1.17. The summed E-state index contributed by atoms with van der Waals surface area (Å²) in [6, 6.07) is -1.27. The second-order valence-corrected chi connectivity index (χ2v) is 3.35. The van der Waals surface area contributed by atoms with Gasteiger partial charge in [-0.1, -0.05) is 12.7 Å². The highest BCUT2D eigenvalue weighted by Crippen LogP contribution is 2.23. The third-order valence-electron chi connectivity index (χ3n) is 2.03. The number of nitrogens with zero attached hydrogens (tertiary/aromatic N) is 1. The number of hydrogen-bond donors (Lipinski definition) is 3. The van der Waals surface area contributed by atoms with Gasteiger partial charge in [0.25, 0.3) is 11.6 Å². The first kappa shape index (κ1) is 13.7. The number of hydrogen-bond acceptors (Lipinski definition) is 6. The van der Waals surface area contributed by atoms with Crippen molar-refractivity contribution >= 4 is 11.9 Å². The van der Waals surface area contributed by atoms with Crippen molar-refractivity contribution in [2.24, 2.45) is 5.73 Å². The number of rotatable bonds is 7. The number of aromatic nitrogens is 1. The minimum Gasteiger partial charge on any atom is -0.480 e. The van der Waals surface area contributed by atoms with Crippen LogP contribution in [0.3, 0.4) is 0 Å². The number of nitrogens with two attached hydrogens (primary N) is 1. The SMILES string of the molecule is C=CCOc1noc(C(=O)O)c1C[C@H](N)C(=O)O. The topological polar surface area (TPSA) is 136 Å². The van der Waals surface area contributed by atoms with Gasteiger partial charge in [-0.25, -0.2) is 4.79 Å². The number of aliphatic carboxylic acids is 1. The largest absolute Gasteiger partial charge is 0.480 e. The van der Waals surface area contributed by atoms with Crippen LogP contribution in [-0.4, -0.2) is 40.0 Å². The Hall–Kier alpha value is -2.35. The van der Waals surface area contributed by atoms with E-state index in [1.807, 2.05) is 0 Å². The van der Waals surface area contributed by atoms with E-state index in [0.29, 0.717) is 0 Å². The molecule has 18 heavy (non-hydrogen) atoms. The van der Waals surface area contributed by atoms with Gasteiger partial charge in [-0.05, 0) is 5.16 Å². The highest BCUT2D eigenvalue weighted by molar-refractivity contribution is 5.87. The van der Waals surface area contributed by atoms with Crippen LogP contribution in [0.15, 0.2) is 17.2 Å². The predicted molar refractivity (Wildman–Crippen MR) is 58.5 cm³/mol. The second-order valence-electron chi connectivity index (χ2n) is 3.35. The Balaban J connectivity index is 3.02. The second kappa shape index (κ2) is 5.82. The Morgan fingerprint density at radius 2 is 2.22 bits per heavy atom. The molecular formula is C10H12N2O6. The first-order valence-electron chi connectivity index (χ1n) is 4.91. The van der Waals surface area contributed by atoms with Crippen LogP contribution >= 0.6 is 0 Å². The van der Waals surface area contributed by atoms with Gasteiger partial charge in [0, 0.05) is 6.42 Å². The fourth-order valence-electron chi connectivity index (χ4n) is 1.20. The summed E-state index contributed by atoms with van der Waals surface area (Å²) in [6.45, 7) is 3.50. The molecule has 0 aliphatic heterocycles. The lowest BCUT2D eigenvalue weighted by atomic mass is 10.1. The van der Waals surface area contributed by atoms with Crippen LogP contribution in [0.25, 0.3) is 0 Å². The van der Waals surface area contributed by atoms with Crippen molar-refractivity contribution in [1.82, 2.24) is 5.16 Å². The number of carboxylic acids is 2. The molecule has 0 fully saturated rings. The lowest BCUT2D eigenvalue weighted by Crippen LogP contribution is -2.32. The summed E-state index contributed by atoms with van der Waals surface area (Å²) < 4.78 is 9.64. The molecule has 1 heterocycles. The van der Waals surface area contributed by atoms with Gasteiger partial charge >= 0.3 is 11.9 Å². The normalized spacial score (nSPS) is 11.8. The molecule has 0 aromatic carbocycles. The number of carboxylic acid groups (broad SMARTS) is 2. The average molecular weight is 256 g/mol. The molecule has 1 aromatic rings. The van der Waals surface area contributed by atoms with E-state index in [0.717, 1.165) is 0 Å². The lowest BCUT2D eigenvalue weighted by Gasteiger charge is -2.06. The molecule has 1 rings (SSSR count). The molecule has 8 nitrogen and oxygen atoms in total. The summed E-state index contributed by atoms with van der Waals surface area (Å²) in [4.78, 5) is 21.5. The first-order chi connectivity index (χ1) is 8.47. The van der Waals surface area contributed by atoms with Crippen molar-refractivity contribution in [2.45, 2.75) is 12.5 Å². The molecule has 8 heteroatoms. The van der Waals surface area contributed by atoms with E-state index in [9.17, 15) is 9.59 Å². The van der Waals surface area contributed by atoms with E-state index in [1.165, 1.54) is 6.08 Å². The van der Waals surface area contributed by atoms with E-state index in [2.05, 4.69) is 16.3 Å². The van der Waals surface area contributed by atoms with Gasteiger partial charge < -0.3 is 25.2 Å². The number of carbonyl (C=O) groups is 2. The number of aromatic carboxylic acids is 1. The van der Waals surface area contributed by atoms with Crippen molar-refractivity contribution < 1.29 is 29.1 Å². The first-order valence-corrected chi connectivity index (χ1v) is 4.91. The molecule has 0 saturated carbocycles. The molecule has 4 N–H and O–H groups in total. The van der Waals surface area contributed by atoms with E-state index in [4.69, 9.17) is 20.7 Å². The maximum atomic E-state index is 10.9. The third kappa shape index (κ3) is 3.08. The van der Waals surface area contributed by atoms with Crippen LogP contribution in [0, 0.1) is 0 Å². The van der Waals surface area contributed by atoms with Crippen LogP contribution in [0.1, 0.15) is 16.1 Å². The summed E-state index contributed by atoms with van der Waals surface area (Å²) in [7, 11) is 0. The monoisotopic (exact) mass is 256 g/mol. The van der Waals surface area contributed by atoms with Crippen molar-refractivity contribution in [3.63, 3.8) is 0 Å². The fraction of sp³-hybridized carbons (Fsp3) is 0.300. The molecule has 0 bridgehead atoms. The van der Waals surface area contributed by atoms with Crippen molar-refractivity contribution in [3.8, 4) is 5.88 Å². The molecular weight excluding hydrogens is 244 g/mol. The minimum absolute atomic E-state index is 0.0132. The Bertz CT molecular complexity index is 467. The van der Waals surface area contributed by atoms with Gasteiger partial charge in [0.05, 0.1) is 5.56 Å². The van der Waals surface area contributed by atoms with E-state index in [1.54, 1.807) is 0 Å². The quantitative estimate of drug-likeness (QED) is 0.575. The predicted octanol–water partition coefficient (Wildman–Crippen LogP) is -0.108. The molecule has 0 amide bonds. The molecule has 98 valence electrons. The van der Waals surface area contributed by atoms with Gasteiger partial charge in [-0.15, -0.1) is 0 Å². The summed E-state index contributed by atoms with van der Waals surface area (Å²) in [5.74, 6) is -3.21. The molecule has 0 unspecified atom stereocenters. The summed E-state index contributed by atoms with van der Waals surface area (Å²) >= 11 is 0. The zero-order chi connectivity index (χ0) is 13.7. The molecule has 1 aromatic heterocycles. The van der Waals surface area contributed by atoms with Crippen LogP contribution in [-0.2, 0) is 11.2 Å². The van der Waals surface area contributed by atoms with Crippen molar-refractivity contribution in [3.05, 3.63) is 24.0 Å². The molecule has 0 saturated heterocycles. The molecule has 0 spiro atoms. The standard InChI is InChI=1S/C10H12N2O6/c1-2-3-17-8-5(4-6(11)9(13)14)7(10(15)16)18-12-8/h2,6H,1,3-4,11H2,(H,13,14)(H,15,16)/t6-/m0/s1. The fourth-order valence-corrected chi connectivity index (χ4v) is 1.20. The Morgan fingerprint density at radius 3 is 2.72 bits per heavy atom. The van der Waals surface area contributed by atoms with Gasteiger partial charge in [-0.3, -0.25) is 4.79 Å². The maximum absolute atomic E-state index is 10.9. The third-order valence-corrected chi connectivity index (χ3v) is 2.03. The van der Waals surface area contributed by atoms with Crippen molar-refractivity contribution in [1.29, 1.82) is 0 Å². The highest BCUT2D eigenvalue weighted by Gasteiger charge is 2.26. The minimum atomic E-state index is -1.37. The van der Waals surface area contributed by atoms with Gasteiger partial charge in [0.15, 0.2) is 0 Å². The van der Waals surface area contributed by atoms with Gasteiger partial charge in [0.1, 0.15) is 12.6 Å². The van der Waals surface area contributed by atoms with Crippen LogP contribution in [0.2, 0.25) is 0 Å². The molecule has 0 aliphatic rings. The highest BCUT2D eigenvalue weighted by atomic mass is 16.5. The smallest absolute Gasteiger partial charge is 0.375 e. The lowest BCUT2D eigenvalue weighted by molar-refractivity contribution is -0.138. The maximum Gasteiger partial charge on any atom is 0.375 e. The summed E-state index contributed by atoms with van der Waals surface area (Å²) in [5, 5.41) is 21.0.